The van der Waals surface area contributed by atoms with E-state index < -0.39 is 47.2 Å². The van der Waals surface area contributed by atoms with E-state index in [-0.39, 0.29) is 41.1 Å². The molecule has 4 N–H and O–H groups in total. The fourth-order valence-electron chi connectivity index (χ4n) is 9.58. The Balaban J connectivity index is 1.18. The predicted octanol–water partition coefficient (Wildman–Crippen LogP) is 8.47. The van der Waals surface area contributed by atoms with Crippen molar-refractivity contribution in [3.63, 3.8) is 0 Å². The van der Waals surface area contributed by atoms with Crippen LogP contribution in [0.15, 0.2) is 72.8 Å². The molecule has 6 amide bonds. The van der Waals surface area contributed by atoms with Crippen molar-refractivity contribution in [3.8, 4) is 0 Å². The molecule has 3 saturated heterocycles. The molecule has 15 nitrogen and oxygen atoms in total. The summed E-state index contributed by atoms with van der Waals surface area (Å²) < 4.78 is 9.58. The molecule has 15 heteroatoms. The third-order valence-electron chi connectivity index (χ3n) is 13.3. The normalized spacial score (nSPS) is 20.7. The molecule has 0 unspecified atom stereocenters. The molecule has 0 aliphatic carbocycles. The summed E-state index contributed by atoms with van der Waals surface area (Å²) in [4.78, 5) is 85.0. The van der Waals surface area contributed by atoms with Gasteiger partial charge in [0.05, 0.1) is 26.3 Å². The number of likely N-dealkylation sites (tertiary alicyclic amines) is 2. The number of carbonyl (C=O) groups is 6. The highest BCUT2D eigenvalue weighted by Gasteiger charge is 2.44. The van der Waals surface area contributed by atoms with Crippen LogP contribution in [0.1, 0.15) is 130 Å². The summed E-state index contributed by atoms with van der Waals surface area (Å²) in [6, 6.07) is 21.6. The van der Waals surface area contributed by atoms with E-state index in [1.54, 1.807) is 9.80 Å². The van der Waals surface area contributed by atoms with Crippen molar-refractivity contribution in [1.29, 1.82) is 0 Å². The molecule has 0 bridgehead atoms. The van der Waals surface area contributed by atoms with Crippen molar-refractivity contribution >= 4 is 52.9 Å². The first-order valence-corrected chi connectivity index (χ1v) is 23.5. The first-order valence-electron chi connectivity index (χ1n) is 23.5. The summed E-state index contributed by atoms with van der Waals surface area (Å²) in [5, 5.41) is 11.4. The van der Waals surface area contributed by atoms with Crippen LogP contribution in [0.25, 0.3) is 0 Å². The van der Waals surface area contributed by atoms with Gasteiger partial charge in [0, 0.05) is 30.2 Å². The molecule has 3 aromatic carbocycles. The van der Waals surface area contributed by atoms with E-state index in [4.69, 9.17) is 9.47 Å². The Morgan fingerprint density at radius 3 is 1.24 bits per heavy atom. The number of hydrogen-bond acceptors (Lipinski definition) is 9. The molecule has 3 aliphatic heterocycles. The molecule has 3 fully saturated rings. The highest BCUT2D eigenvalue weighted by atomic mass is 16.5. The van der Waals surface area contributed by atoms with Gasteiger partial charge in [0.2, 0.25) is 23.6 Å². The van der Waals surface area contributed by atoms with Crippen LogP contribution in [0.4, 0.5) is 26.7 Å². The number of rotatable bonds is 11. The molecule has 362 valence electrons. The molecule has 0 aromatic heterocycles. The van der Waals surface area contributed by atoms with Gasteiger partial charge in [-0.05, 0) is 108 Å². The molecule has 3 heterocycles. The highest BCUT2D eigenvalue weighted by molar-refractivity contribution is 6.00. The van der Waals surface area contributed by atoms with Crippen molar-refractivity contribution < 1.29 is 38.2 Å². The highest BCUT2D eigenvalue weighted by Crippen LogP contribution is 2.47. The second kappa shape index (κ2) is 20.4. The van der Waals surface area contributed by atoms with Gasteiger partial charge in [-0.25, -0.2) is 9.59 Å². The fourth-order valence-corrected chi connectivity index (χ4v) is 9.58. The quantitative estimate of drug-likeness (QED) is 0.147. The van der Waals surface area contributed by atoms with E-state index in [0.717, 1.165) is 29.7 Å². The lowest BCUT2D eigenvalue weighted by Crippen LogP contribution is -2.57. The second-order valence-corrected chi connectivity index (χ2v) is 21.3. The number of ether oxygens (including phenoxy) is 2. The Labute approximate surface area is 396 Å². The maximum Gasteiger partial charge on any atom is 0.407 e. The van der Waals surface area contributed by atoms with Gasteiger partial charge in [0.1, 0.15) is 24.2 Å². The zero-order chi connectivity index (χ0) is 49.0. The Morgan fingerprint density at radius 2 is 0.910 bits per heavy atom. The summed E-state index contributed by atoms with van der Waals surface area (Å²) in [6.45, 7) is 18.6. The summed E-state index contributed by atoms with van der Waals surface area (Å²) in [7, 11) is 2.51. The number of hydrogen-bond donors (Lipinski definition) is 4. The minimum Gasteiger partial charge on any atom is -0.453 e. The number of nitrogens with zero attached hydrogens (tertiary/aromatic N) is 3. The van der Waals surface area contributed by atoms with Gasteiger partial charge in [-0.15, -0.1) is 0 Å². The summed E-state index contributed by atoms with van der Waals surface area (Å²) >= 11 is 0. The lowest BCUT2D eigenvalue weighted by Gasteiger charge is -2.35. The molecule has 0 spiro atoms. The topological polar surface area (TPSA) is 179 Å². The minimum absolute atomic E-state index is 0.0169. The first kappa shape index (κ1) is 50.3. The maximum absolute atomic E-state index is 13.8. The van der Waals surface area contributed by atoms with Crippen molar-refractivity contribution in [2.75, 3.05) is 42.8 Å². The van der Waals surface area contributed by atoms with Crippen LogP contribution in [0.5, 0.6) is 0 Å². The van der Waals surface area contributed by atoms with Gasteiger partial charge in [-0.1, -0.05) is 98.7 Å². The standard InChI is InChI=1S/C52H71N7O8/c1-50(2,3)34-20-26-37(27-21-34)59-38(32-16-22-35(23-17-32)53-44(60)40-14-12-30-57(40)46(62)42(51(4,5)6)55-48(64)66-10)28-29-39(59)33-18-24-36(25-19-33)54-45(61)41-15-13-31-58(41)47(63)43(52(7,8)9)56-49(65)67-11/h16-27,38-43H,12-15,28-31H2,1-11H3,(H,53,60)(H,54,61)(H,55,64)(H,56,65)/t38-,39-,40+,41+,42-,43-/m1/s1. The lowest BCUT2D eigenvalue weighted by atomic mass is 9.85. The predicted molar refractivity (Wildman–Crippen MR) is 260 cm³/mol. The first-order chi connectivity index (χ1) is 31.5. The van der Waals surface area contributed by atoms with Crippen LogP contribution in [0, 0.1) is 10.8 Å². The van der Waals surface area contributed by atoms with Gasteiger partial charge < -0.3 is 45.4 Å². The molecule has 67 heavy (non-hydrogen) atoms. The minimum atomic E-state index is -0.868. The number of nitrogens with one attached hydrogen (secondary N) is 4. The third-order valence-corrected chi connectivity index (χ3v) is 13.3. The Morgan fingerprint density at radius 1 is 0.537 bits per heavy atom. The summed E-state index contributed by atoms with van der Waals surface area (Å²) in [5.74, 6) is -1.19. The number of methoxy groups -OCH3 is 2. The molecule has 6 rings (SSSR count). The summed E-state index contributed by atoms with van der Waals surface area (Å²) in [6.07, 6.45) is 2.71. The number of benzene rings is 3. The van der Waals surface area contributed by atoms with E-state index in [0.29, 0.717) is 50.1 Å². The van der Waals surface area contributed by atoms with Crippen LogP contribution in [-0.2, 0) is 34.1 Å². The number of amides is 6. The average Bonchev–Trinajstić information content (AvgIpc) is 4.07. The largest absolute Gasteiger partial charge is 0.453 e. The van der Waals surface area contributed by atoms with E-state index in [2.05, 4.69) is 95.5 Å². The number of anilines is 3. The van der Waals surface area contributed by atoms with Gasteiger partial charge in [0.25, 0.3) is 0 Å². The Bertz CT molecular complexity index is 2130. The SMILES string of the molecule is COC(=O)N[C@H](C(=O)N1CCC[C@H]1C(=O)Nc1ccc([C@H]2CC[C@H](c3ccc(NC(=O)[C@@H]4CCCN4C(=O)[C@@H](NC(=O)OC)C(C)(C)C)cc3)N2c2ccc(C(C)(C)C)cc2)cc1)C(C)(C)C. The lowest BCUT2D eigenvalue weighted by molar-refractivity contribution is -0.140. The van der Waals surface area contributed by atoms with E-state index in [1.165, 1.54) is 19.8 Å². The van der Waals surface area contributed by atoms with Crippen LogP contribution < -0.4 is 26.2 Å². The van der Waals surface area contributed by atoms with E-state index >= 15 is 0 Å². The van der Waals surface area contributed by atoms with Crippen molar-refractivity contribution in [2.45, 2.75) is 143 Å². The smallest absolute Gasteiger partial charge is 0.407 e. The van der Waals surface area contributed by atoms with Crippen molar-refractivity contribution in [3.05, 3.63) is 89.5 Å². The van der Waals surface area contributed by atoms with E-state index in [9.17, 15) is 28.8 Å². The molecule has 0 radical (unpaired) electrons. The van der Waals surface area contributed by atoms with Crippen LogP contribution in [0.2, 0.25) is 0 Å². The molecular weight excluding hydrogens is 851 g/mol. The fraction of sp³-hybridized carbons (Fsp3) is 0.538. The van der Waals surface area contributed by atoms with E-state index in [1.807, 2.05) is 65.8 Å². The van der Waals surface area contributed by atoms with Crippen LogP contribution >= 0.6 is 0 Å². The molecule has 6 atom stereocenters. The van der Waals surface area contributed by atoms with Gasteiger partial charge in [0.15, 0.2) is 0 Å². The Kier molecular flexibility index (Phi) is 15.3. The third kappa shape index (κ3) is 11.7. The molecule has 0 saturated carbocycles. The zero-order valence-corrected chi connectivity index (χ0v) is 41.2. The number of alkyl carbamates (subject to hydrolysis) is 2. The van der Waals surface area contributed by atoms with Gasteiger partial charge in [-0.2, -0.15) is 0 Å². The van der Waals surface area contributed by atoms with Crippen LogP contribution in [-0.4, -0.2) is 97.1 Å². The second-order valence-electron chi connectivity index (χ2n) is 21.3. The van der Waals surface area contributed by atoms with Crippen molar-refractivity contribution in [2.24, 2.45) is 10.8 Å². The molecule has 3 aromatic rings. The maximum atomic E-state index is 13.8. The zero-order valence-electron chi connectivity index (χ0n) is 41.2. The Hall–Kier alpha value is -6.12. The molecule has 3 aliphatic rings. The van der Waals surface area contributed by atoms with Gasteiger partial charge in [-0.3, -0.25) is 19.2 Å². The summed E-state index contributed by atoms with van der Waals surface area (Å²) in [5.41, 5.74) is 4.51. The van der Waals surface area contributed by atoms with Crippen LogP contribution in [0.3, 0.4) is 0 Å². The van der Waals surface area contributed by atoms with Crippen molar-refractivity contribution in [1.82, 2.24) is 20.4 Å². The van der Waals surface area contributed by atoms with Gasteiger partial charge >= 0.3 is 12.2 Å². The number of carbonyl (C=O) groups excluding carboxylic acids is 6. The molecular formula is C52H71N7O8. The monoisotopic (exact) mass is 922 g/mol. The average molecular weight is 922 g/mol.